The van der Waals surface area contributed by atoms with Gasteiger partial charge in [-0.25, -0.2) is 4.79 Å². The Labute approximate surface area is 126 Å². The Balaban J connectivity index is 2.98. The fourth-order valence-corrected chi connectivity index (χ4v) is 1.76. The molecule has 0 fully saturated rings. The Morgan fingerprint density at radius 3 is 2.45 bits per heavy atom. The second-order valence-corrected chi connectivity index (χ2v) is 5.45. The topological polar surface area (TPSA) is 130 Å². The highest BCUT2D eigenvalue weighted by molar-refractivity contribution is 5.95. The molecule has 1 unspecified atom stereocenters. The van der Waals surface area contributed by atoms with E-state index in [0.717, 1.165) is 13.0 Å². The van der Waals surface area contributed by atoms with Gasteiger partial charge in [-0.3, -0.25) is 14.9 Å². The van der Waals surface area contributed by atoms with Gasteiger partial charge in [0.25, 0.3) is 11.6 Å². The predicted molar refractivity (Wildman–Crippen MR) is 77.8 cm³/mol. The molecule has 0 spiro atoms. The molecule has 8 heteroatoms. The summed E-state index contributed by atoms with van der Waals surface area (Å²) in [7, 11) is 0. The van der Waals surface area contributed by atoms with Crippen LogP contribution in [0.1, 0.15) is 42.6 Å². The normalized spacial score (nSPS) is 13.5. The molecule has 0 aliphatic carbocycles. The van der Waals surface area contributed by atoms with Gasteiger partial charge in [0.1, 0.15) is 0 Å². The molecule has 8 nitrogen and oxygen atoms in total. The average molecular weight is 310 g/mol. The third kappa shape index (κ3) is 4.01. The van der Waals surface area contributed by atoms with E-state index in [0.29, 0.717) is 5.56 Å². The van der Waals surface area contributed by atoms with E-state index in [4.69, 9.17) is 5.11 Å². The summed E-state index contributed by atoms with van der Waals surface area (Å²) < 4.78 is 0. The summed E-state index contributed by atoms with van der Waals surface area (Å²) in [4.78, 5) is 33.2. The highest BCUT2D eigenvalue weighted by Gasteiger charge is 2.30. The predicted octanol–water partition coefficient (Wildman–Crippen LogP) is 1.28. The van der Waals surface area contributed by atoms with Gasteiger partial charge < -0.3 is 15.5 Å². The van der Waals surface area contributed by atoms with Crippen LogP contribution in [0, 0.1) is 10.1 Å². The Kier molecular flexibility index (Phi) is 5.21. The van der Waals surface area contributed by atoms with Crippen molar-refractivity contribution >= 4 is 17.6 Å². The Bertz CT molecular complexity index is 609. The third-order valence-electron chi connectivity index (χ3n) is 3.17. The molecule has 1 aromatic rings. The van der Waals surface area contributed by atoms with Gasteiger partial charge >= 0.3 is 5.97 Å². The zero-order valence-electron chi connectivity index (χ0n) is 12.5. The van der Waals surface area contributed by atoms with E-state index in [-0.39, 0.29) is 17.2 Å². The van der Waals surface area contributed by atoms with Crippen molar-refractivity contribution in [2.45, 2.75) is 32.3 Å². The first-order valence-electron chi connectivity index (χ1n) is 6.58. The molecule has 0 saturated heterocycles. The lowest BCUT2D eigenvalue weighted by Crippen LogP contribution is -2.46. The number of nitrogens with zero attached hydrogens (tertiary/aromatic N) is 1. The molecule has 0 radical (unpaired) electrons. The van der Waals surface area contributed by atoms with Gasteiger partial charge in [-0.2, -0.15) is 0 Å². The van der Waals surface area contributed by atoms with Gasteiger partial charge in [-0.15, -0.1) is 0 Å². The number of nitro benzene ring substituents is 1. The molecule has 0 aliphatic heterocycles. The quantitative estimate of drug-likeness (QED) is 0.536. The maximum Gasteiger partial charge on any atom is 0.337 e. The molecule has 0 aromatic heterocycles. The molecule has 3 N–H and O–H groups in total. The van der Waals surface area contributed by atoms with Gasteiger partial charge in [0.15, 0.2) is 5.60 Å². The minimum absolute atomic E-state index is 0.0253. The highest BCUT2D eigenvalue weighted by atomic mass is 16.6. The molecule has 0 aliphatic rings. The monoisotopic (exact) mass is 310 g/mol. The number of hydrogen-bond donors (Lipinski definition) is 3. The average Bonchev–Trinajstić information content (AvgIpc) is 2.43. The summed E-state index contributed by atoms with van der Waals surface area (Å²) in [5.74, 6) is -2.25. The second-order valence-electron chi connectivity index (χ2n) is 5.45. The number of benzene rings is 1. The summed E-state index contributed by atoms with van der Waals surface area (Å²) >= 11 is 0. The molecular weight excluding hydrogens is 292 g/mol. The van der Waals surface area contributed by atoms with Crippen LogP contribution in [0.4, 0.5) is 5.69 Å². The van der Waals surface area contributed by atoms with Crippen molar-refractivity contribution < 1.29 is 24.7 Å². The molecular formula is C14H18N2O6. The zero-order valence-corrected chi connectivity index (χ0v) is 12.5. The van der Waals surface area contributed by atoms with Crippen molar-refractivity contribution in [2.75, 3.05) is 6.54 Å². The third-order valence-corrected chi connectivity index (χ3v) is 3.17. The number of carbonyl (C=O) groups excluding carboxylic acids is 1. The van der Waals surface area contributed by atoms with Gasteiger partial charge in [-0.1, -0.05) is 19.9 Å². The lowest BCUT2D eigenvalue weighted by atomic mass is 9.99. The minimum Gasteiger partial charge on any atom is -0.479 e. The second kappa shape index (κ2) is 6.52. The van der Waals surface area contributed by atoms with E-state index >= 15 is 0 Å². The molecule has 0 heterocycles. The van der Waals surface area contributed by atoms with Crippen molar-refractivity contribution in [2.24, 2.45) is 0 Å². The number of nitro groups is 1. The first-order valence-corrected chi connectivity index (χ1v) is 6.58. The summed E-state index contributed by atoms with van der Waals surface area (Å²) in [6.45, 7) is 4.12. The minimum atomic E-state index is -2.11. The molecule has 0 bridgehead atoms. The number of aliphatic carboxylic acids is 1. The molecule has 22 heavy (non-hydrogen) atoms. The van der Waals surface area contributed by atoms with Crippen LogP contribution in [0.3, 0.4) is 0 Å². The maximum absolute atomic E-state index is 11.9. The van der Waals surface area contributed by atoms with E-state index in [1.54, 1.807) is 13.8 Å². The SMILES string of the molecule is CC(C)c1ccc(C(=O)NCC(C)(O)C(=O)O)cc1[N+](=O)[O-]. The van der Waals surface area contributed by atoms with Crippen molar-refractivity contribution in [1.29, 1.82) is 0 Å². The number of carboxylic acid groups (broad SMARTS) is 1. The van der Waals surface area contributed by atoms with Crippen LogP contribution in [0.2, 0.25) is 0 Å². The van der Waals surface area contributed by atoms with Gasteiger partial charge in [0.2, 0.25) is 0 Å². The smallest absolute Gasteiger partial charge is 0.337 e. The largest absolute Gasteiger partial charge is 0.479 e. The molecule has 1 rings (SSSR count). The molecule has 1 aromatic carbocycles. The lowest BCUT2D eigenvalue weighted by Gasteiger charge is -2.18. The number of carbonyl (C=O) groups is 2. The summed E-state index contributed by atoms with van der Waals surface area (Å²) in [5.41, 5.74) is -1.76. The van der Waals surface area contributed by atoms with Gasteiger partial charge in [0, 0.05) is 17.2 Å². The zero-order chi connectivity index (χ0) is 17.1. The van der Waals surface area contributed by atoms with Crippen LogP contribution in [-0.4, -0.2) is 39.2 Å². The fourth-order valence-electron chi connectivity index (χ4n) is 1.76. The number of nitrogens with one attached hydrogen (secondary N) is 1. The lowest BCUT2D eigenvalue weighted by molar-refractivity contribution is -0.385. The van der Waals surface area contributed by atoms with Crippen LogP contribution < -0.4 is 5.32 Å². The van der Waals surface area contributed by atoms with Crippen LogP contribution in [0.15, 0.2) is 18.2 Å². The van der Waals surface area contributed by atoms with E-state index in [1.807, 2.05) is 0 Å². The molecule has 1 amide bonds. The van der Waals surface area contributed by atoms with E-state index < -0.39 is 28.9 Å². The fraction of sp³-hybridized carbons (Fsp3) is 0.429. The summed E-state index contributed by atoms with van der Waals surface area (Å²) in [6, 6.07) is 4.06. The van der Waals surface area contributed by atoms with E-state index in [2.05, 4.69) is 5.32 Å². The number of aliphatic hydroxyl groups is 1. The highest BCUT2D eigenvalue weighted by Crippen LogP contribution is 2.27. The van der Waals surface area contributed by atoms with Crippen molar-refractivity contribution in [1.82, 2.24) is 5.32 Å². The summed E-state index contributed by atoms with van der Waals surface area (Å²) in [5, 5.41) is 31.6. The number of amides is 1. The van der Waals surface area contributed by atoms with Crippen molar-refractivity contribution in [3.8, 4) is 0 Å². The van der Waals surface area contributed by atoms with Crippen LogP contribution in [0.5, 0.6) is 0 Å². The van der Waals surface area contributed by atoms with Gasteiger partial charge in [-0.05, 0) is 18.9 Å². The van der Waals surface area contributed by atoms with Crippen LogP contribution in [-0.2, 0) is 4.79 Å². The Morgan fingerprint density at radius 1 is 1.41 bits per heavy atom. The first-order chi connectivity index (χ1) is 10.1. The Hall–Kier alpha value is -2.48. The van der Waals surface area contributed by atoms with E-state index in [1.165, 1.54) is 12.1 Å². The van der Waals surface area contributed by atoms with E-state index in [9.17, 15) is 24.8 Å². The molecule has 0 saturated carbocycles. The summed E-state index contributed by atoms with van der Waals surface area (Å²) in [6.07, 6.45) is 0. The first kappa shape index (κ1) is 17.6. The standard InChI is InChI=1S/C14H18N2O6/c1-8(2)10-5-4-9(6-11(10)16(21)22)12(17)15-7-14(3,20)13(18)19/h4-6,8,20H,7H2,1-3H3,(H,15,17)(H,18,19). The number of hydrogen-bond acceptors (Lipinski definition) is 5. The Morgan fingerprint density at radius 2 is 2.00 bits per heavy atom. The molecule has 120 valence electrons. The van der Waals surface area contributed by atoms with Crippen molar-refractivity contribution in [3.05, 3.63) is 39.4 Å². The molecule has 1 atom stereocenters. The number of carboxylic acids is 1. The van der Waals surface area contributed by atoms with Gasteiger partial charge in [0.05, 0.1) is 11.5 Å². The van der Waals surface area contributed by atoms with Crippen molar-refractivity contribution in [3.63, 3.8) is 0 Å². The number of rotatable bonds is 6. The van der Waals surface area contributed by atoms with Crippen LogP contribution in [0.25, 0.3) is 0 Å². The van der Waals surface area contributed by atoms with Crippen LogP contribution >= 0.6 is 0 Å². The maximum atomic E-state index is 11.9.